The summed E-state index contributed by atoms with van der Waals surface area (Å²) in [4.78, 5) is 1.37. The molecule has 0 aliphatic rings. The van der Waals surface area contributed by atoms with Crippen LogP contribution in [0.1, 0.15) is 70.0 Å². The lowest BCUT2D eigenvalue weighted by Gasteiger charge is -2.18. The van der Waals surface area contributed by atoms with E-state index in [9.17, 15) is 0 Å². The monoisotopic (exact) mass is 269 g/mol. The first-order chi connectivity index (χ1) is 8.69. The molecular weight excluding hydrogens is 242 g/mol. The summed E-state index contributed by atoms with van der Waals surface area (Å²) in [6.45, 7) is 10.1. The average Bonchev–Trinajstić information content (AvgIpc) is 2.78. The third kappa shape index (κ3) is 5.02. The van der Waals surface area contributed by atoms with Gasteiger partial charge in [-0.25, -0.2) is 0 Å². The van der Waals surface area contributed by atoms with Gasteiger partial charge in [0.25, 0.3) is 0 Å². The van der Waals surface area contributed by atoms with Gasteiger partial charge in [0.1, 0.15) is 0 Å². The van der Waals surface area contributed by atoms with Gasteiger partial charge in [-0.3, -0.25) is 0 Å². The second kappa shape index (κ2) is 8.59. The van der Waals surface area contributed by atoms with Crippen LogP contribution in [0.5, 0.6) is 0 Å². The predicted molar refractivity (Wildman–Crippen MR) is 79.0 cm³/mol. The lowest BCUT2D eigenvalue weighted by molar-refractivity contribution is 0.442. The molecule has 3 nitrogen and oxygen atoms in total. The van der Waals surface area contributed by atoms with Crippen molar-refractivity contribution in [2.24, 2.45) is 5.92 Å². The molecule has 1 aromatic heterocycles. The second-order valence-corrected chi connectivity index (χ2v) is 6.10. The van der Waals surface area contributed by atoms with Crippen LogP contribution in [0.15, 0.2) is 0 Å². The van der Waals surface area contributed by atoms with Crippen LogP contribution in [-0.4, -0.2) is 16.1 Å². The van der Waals surface area contributed by atoms with Crippen molar-refractivity contribution >= 4 is 11.5 Å². The standard InChI is InChI=1S/C14H27N3S/c1-5-7-13-14(18-17-16-13)12(15-10-6-2)9-8-11(3)4/h11-12,15H,5-10H2,1-4H3. The van der Waals surface area contributed by atoms with Gasteiger partial charge in [-0.15, -0.1) is 5.10 Å². The normalized spacial score (nSPS) is 13.2. The van der Waals surface area contributed by atoms with Gasteiger partial charge in [0.2, 0.25) is 0 Å². The average molecular weight is 269 g/mol. The highest BCUT2D eigenvalue weighted by atomic mass is 32.1. The zero-order valence-electron chi connectivity index (χ0n) is 12.2. The molecule has 1 N–H and O–H groups in total. The first-order valence-electron chi connectivity index (χ1n) is 7.23. The van der Waals surface area contributed by atoms with E-state index in [1.807, 2.05) is 0 Å². The Bertz CT molecular complexity index is 323. The Balaban J connectivity index is 2.69. The molecule has 0 fully saturated rings. The molecule has 0 spiro atoms. The number of nitrogens with zero attached hydrogens (tertiary/aromatic N) is 2. The summed E-state index contributed by atoms with van der Waals surface area (Å²) in [5, 5.41) is 7.95. The van der Waals surface area contributed by atoms with E-state index in [0.29, 0.717) is 6.04 Å². The summed E-state index contributed by atoms with van der Waals surface area (Å²) >= 11 is 1.58. The van der Waals surface area contributed by atoms with Gasteiger partial charge in [-0.2, -0.15) is 0 Å². The number of rotatable bonds is 9. The zero-order valence-corrected chi connectivity index (χ0v) is 13.0. The molecule has 0 aromatic carbocycles. The number of nitrogens with one attached hydrogen (secondary N) is 1. The fourth-order valence-electron chi connectivity index (χ4n) is 2.03. The van der Waals surface area contributed by atoms with E-state index in [0.717, 1.165) is 25.3 Å². The zero-order chi connectivity index (χ0) is 13.4. The van der Waals surface area contributed by atoms with Crippen molar-refractivity contribution in [1.29, 1.82) is 0 Å². The first kappa shape index (κ1) is 15.6. The molecule has 1 rings (SSSR count). The van der Waals surface area contributed by atoms with Crippen molar-refractivity contribution in [3.05, 3.63) is 10.6 Å². The molecule has 104 valence electrons. The summed E-state index contributed by atoms with van der Waals surface area (Å²) in [6, 6.07) is 0.453. The molecule has 0 saturated heterocycles. The minimum Gasteiger partial charge on any atom is -0.309 e. The van der Waals surface area contributed by atoms with E-state index in [4.69, 9.17) is 0 Å². The maximum Gasteiger partial charge on any atom is 0.0803 e. The Hall–Kier alpha value is -0.480. The van der Waals surface area contributed by atoms with Gasteiger partial charge < -0.3 is 5.32 Å². The highest BCUT2D eigenvalue weighted by Gasteiger charge is 2.18. The Kier molecular flexibility index (Phi) is 7.44. The molecule has 0 aliphatic heterocycles. The topological polar surface area (TPSA) is 37.8 Å². The summed E-state index contributed by atoms with van der Waals surface area (Å²) in [5.74, 6) is 0.756. The minimum absolute atomic E-state index is 0.453. The van der Waals surface area contributed by atoms with Crippen LogP contribution in [0.2, 0.25) is 0 Å². The summed E-state index contributed by atoms with van der Waals surface area (Å²) in [6.07, 6.45) is 5.82. The third-order valence-electron chi connectivity index (χ3n) is 3.06. The van der Waals surface area contributed by atoms with Crippen LogP contribution in [0.4, 0.5) is 0 Å². The molecule has 18 heavy (non-hydrogen) atoms. The van der Waals surface area contributed by atoms with Crippen LogP contribution in [0, 0.1) is 5.92 Å². The second-order valence-electron chi connectivity index (χ2n) is 5.31. The predicted octanol–water partition coefficient (Wildman–Crippen LogP) is 3.97. The summed E-state index contributed by atoms with van der Waals surface area (Å²) < 4.78 is 4.15. The van der Waals surface area contributed by atoms with Crippen molar-refractivity contribution in [2.45, 2.75) is 65.8 Å². The Morgan fingerprint density at radius 1 is 1.17 bits per heavy atom. The Morgan fingerprint density at radius 3 is 2.56 bits per heavy atom. The van der Waals surface area contributed by atoms with Crippen LogP contribution in [-0.2, 0) is 6.42 Å². The molecule has 1 heterocycles. The van der Waals surface area contributed by atoms with Gasteiger partial charge in [-0.1, -0.05) is 38.6 Å². The van der Waals surface area contributed by atoms with Crippen LogP contribution >= 0.6 is 11.5 Å². The SMILES string of the molecule is CCCNC(CCC(C)C)c1snnc1CCC. The van der Waals surface area contributed by atoms with Crippen molar-refractivity contribution < 1.29 is 0 Å². The van der Waals surface area contributed by atoms with Crippen molar-refractivity contribution in [3.8, 4) is 0 Å². The molecule has 1 unspecified atom stereocenters. The van der Waals surface area contributed by atoms with E-state index in [1.165, 1.54) is 29.8 Å². The Labute approximate surface area is 116 Å². The molecule has 0 bridgehead atoms. The molecule has 0 saturated carbocycles. The van der Waals surface area contributed by atoms with Crippen molar-refractivity contribution in [2.75, 3.05) is 6.54 Å². The number of hydrogen-bond acceptors (Lipinski definition) is 4. The lowest BCUT2D eigenvalue weighted by Crippen LogP contribution is -2.22. The molecule has 0 aliphatic carbocycles. The lowest BCUT2D eigenvalue weighted by atomic mass is 10.0. The van der Waals surface area contributed by atoms with E-state index in [-0.39, 0.29) is 0 Å². The van der Waals surface area contributed by atoms with Crippen molar-refractivity contribution in [3.63, 3.8) is 0 Å². The maximum atomic E-state index is 4.29. The van der Waals surface area contributed by atoms with Crippen LogP contribution < -0.4 is 5.32 Å². The first-order valence-corrected chi connectivity index (χ1v) is 8.00. The van der Waals surface area contributed by atoms with E-state index < -0.39 is 0 Å². The molecule has 4 heteroatoms. The fourth-order valence-corrected chi connectivity index (χ4v) is 2.84. The van der Waals surface area contributed by atoms with Gasteiger partial charge in [0.05, 0.1) is 10.6 Å². The quantitative estimate of drug-likeness (QED) is 0.737. The molecule has 0 radical (unpaired) electrons. The van der Waals surface area contributed by atoms with Gasteiger partial charge in [0, 0.05) is 6.04 Å². The van der Waals surface area contributed by atoms with E-state index in [2.05, 4.69) is 42.6 Å². The largest absolute Gasteiger partial charge is 0.309 e. The molecule has 0 amide bonds. The van der Waals surface area contributed by atoms with E-state index >= 15 is 0 Å². The molecule has 1 atom stereocenters. The summed E-state index contributed by atoms with van der Waals surface area (Å²) in [5.41, 5.74) is 1.21. The third-order valence-corrected chi connectivity index (χ3v) is 3.94. The highest BCUT2D eigenvalue weighted by Crippen LogP contribution is 2.26. The fraction of sp³-hybridized carbons (Fsp3) is 0.857. The highest BCUT2D eigenvalue weighted by molar-refractivity contribution is 7.05. The number of hydrogen-bond donors (Lipinski definition) is 1. The smallest absolute Gasteiger partial charge is 0.0803 e. The van der Waals surface area contributed by atoms with E-state index in [1.54, 1.807) is 11.5 Å². The molecule has 1 aromatic rings. The Morgan fingerprint density at radius 2 is 1.94 bits per heavy atom. The van der Waals surface area contributed by atoms with Crippen LogP contribution in [0.3, 0.4) is 0 Å². The minimum atomic E-state index is 0.453. The van der Waals surface area contributed by atoms with Gasteiger partial charge in [0.15, 0.2) is 0 Å². The van der Waals surface area contributed by atoms with Gasteiger partial charge in [-0.05, 0) is 49.7 Å². The molecular formula is C14H27N3S. The van der Waals surface area contributed by atoms with Crippen LogP contribution in [0.25, 0.3) is 0 Å². The number of aromatic nitrogens is 2. The van der Waals surface area contributed by atoms with Crippen molar-refractivity contribution in [1.82, 2.24) is 14.9 Å². The summed E-state index contributed by atoms with van der Waals surface area (Å²) in [7, 11) is 0. The number of aryl methyl sites for hydroxylation is 1. The van der Waals surface area contributed by atoms with Gasteiger partial charge >= 0.3 is 0 Å². The maximum absolute atomic E-state index is 4.29.